The summed E-state index contributed by atoms with van der Waals surface area (Å²) in [5.41, 5.74) is 1.48. The molecule has 0 radical (unpaired) electrons. The number of phenolic OH excluding ortho intramolecular Hbond substituents is 1. The lowest BCUT2D eigenvalue weighted by Gasteiger charge is -2.27. The number of methoxy groups -OCH3 is 2. The van der Waals surface area contributed by atoms with Gasteiger partial charge in [-0.1, -0.05) is 26.0 Å². The number of phenols is 1. The number of guanidine groups is 1. The molecule has 160 valence electrons. The Labute approximate surface area is 188 Å². The van der Waals surface area contributed by atoms with Crippen molar-refractivity contribution in [2.75, 3.05) is 27.8 Å². The summed E-state index contributed by atoms with van der Waals surface area (Å²) in [5, 5.41) is 16.5. The molecule has 0 unspecified atom stereocenters. The van der Waals surface area contributed by atoms with E-state index in [0.29, 0.717) is 30.5 Å². The fourth-order valence-corrected chi connectivity index (χ4v) is 2.77. The van der Waals surface area contributed by atoms with Crippen molar-refractivity contribution >= 4 is 29.9 Å². The van der Waals surface area contributed by atoms with Gasteiger partial charge in [0.25, 0.3) is 0 Å². The number of nitrogens with zero attached hydrogens (tertiary/aromatic N) is 1. The molecule has 0 amide bonds. The van der Waals surface area contributed by atoms with Gasteiger partial charge in [-0.15, -0.1) is 24.0 Å². The van der Waals surface area contributed by atoms with E-state index in [-0.39, 0.29) is 41.0 Å². The molecule has 0 heterocycles. The van der Waals surface area contributed by atoms with E-state index in [2.05, 4.69) is 15.6 Å². The molecule has 3 N–H and O–H groups in total. The predicted molar refractivity (Wildman–Crippen MR) is 124 cm³/mol. The Hall–Kier alpha value is -2.23. The molecular formula is C21H29FIN3O3. The topological polar surface area (TPSA) is 75.1 Å². The summed E-state index contributed by atoms with van der Waals surface area (Å²) < 4.78 is 23.9. The number of aliphatic imine (C=N–C) groups is 1. The van der Waals surface area contributed by atoms with Gasteiger partial charge in [-0.25, -0.2) is 4.39 Å². The summed E-state index contributed by atoms with van der Waals surface area (Å²) in [6.45, 7) is 5.10. The average Bonchev–Trinajstić information content (AvgIpc) is 2.68. The van der Waals surface area contributed by atoms with Crippen LogP contribution in [-0.4, -0.2) is 38.9 Å². The Kier molecular flexibility index (Phi) is 9.48. The number of hydrogen-bond acceptors (Lipinski definition) is 4. The van der Waals surface area contributed by atoms with Crippen LogP contribution >= 0.6 is 24.0 Å². The molecule has 0 fully saturated rings. The lowest BCUT2D eigenvalue weighted by Crippen LogP contribution is -2.43. The summed E-state index contributed by atoms with van der Waals surface area (Å²) in [6, 6.07) is 10.1. The first kappa shape index (κ1) is 24.8. The van der Waals surface area contributed by atoms with Crippen LogP contribution in [0.4, 0.5) is 4.39 Å². The highest BCUT2D eigenvalue weighted by Gasteiger charge is 2.21. The SMILES string of the molecule is CN=C(NCc1cc(OC)c(O)c(OC)c1)NCC(C)(C)c1cccc(F)c1.I. The molecule has 2 aromatic rings. The van der Waals surface area contributed by atoms with Crippen LogP contribution < -0.4 is 20.1 Å². The molecule has 0 spiro atoms. The monoisotopic (exact) mass is 517 g/mol. The highest BCUT2D eigenvalue weighted by atomic mass is 127. The normalized spacial score (nSPS) is 11.4. The van der Waals surface area contributed by atoms with Crippen molar-refractivity contribution in [3.05, 3.63) is 53.3 Å². The van der Waals surface area contributed by atoms with Crippen molar-refractivity contribution in [2.45, 2.75) is 25.8 Å². The third-order valence-electron chi connectivity index (χ3n) is 4.53. The van der Waals surface area contributed by atoms with Gasteiger partial charge in [-0.05, 0) is 35.4 Å². The summed E-state index contributed by atoms with van der Waals surface area (Å²) in [5.74, 6) is 1.00. The Morgan fingerprint density at radius 3 is 2.24 bits per heavy atom. The van der Waals surface area contributed by atoms with Crippen LogP contribution in [0, 0.1) is 5.82 Å². The van der Waals surface area contributed by atoms with Gasteiger partial charge in [-0.2, -0.15) is 0 Å². The average molecular weight is 517 g/mol. The van der Waals surface area contributed by atoms with Crippen LogP contribution in [0.15, 0.2) is 41.4 Å². The van der Waals surface area contributed by atoms with Crippen molar-refractivity contribution in [3.63, 3.8) is 0 Å². The number of benzene rings is 2. The molecule has 2 aromatic carbocycles. The second-order valence-electron chi connectivity index (χ2n) is 7.02. The van der Waals surface area contributed by atoms with Crippen LogP contribution in [0.1, 0.15) is 25.0 Å². The van der Waals surface area contributed by atoms with Gasteiger partial charge in [-0.3, -0.25) is 4.99 Å². The van der Waals surface area contributed by atoms with Gasteiger partial charge < -0.3 is 25.2 Å². The zero-order valence-electron chi connectivity index (χ0n) is 17.4. The maximum Gasteiger partial charge on any atom is 0.200 e. The van der Waals surface area contributed by atoms with Crippen molar-refractivity contribution in [1.29, 1.82) is 0 Å². The lowest BCUT2D eigenvalue weighted by molar-refractivity contribution is 0.339. The fraction of sp³-hybridized carbons (Fsp3) is 0.381. The molecule has 0 aliphatic heterocycles. The number of rotatable bonds is 7. The maximum absolute atomic E-state index is 13.5. The van der Waals surface area contributed by atoms with E-state index in [1.54, 1.807) is 31.3 Å². The number of nitrogens with one attached hydrogen (secondary N) is 2. The van der Waals surface area contributed by atoms with Crippen LogP contribution in [0.25, 0.3) is 0 Å². The van der Waals surface area contributed by atoms with E-state index in [4.69, 9.17) is 9.47 Å². The zero-order valence-corrected chi connectivity index (χ0v) is 19.7. The molecule has 8 heteroatoms. The maximum atomic E-state index is 13.5. The van der Waals surface area contributed by atoms with E-state index < -0.39 is 0 Å². The summed E-state index contributed by atoms with van der Waals surface area (Å²) >= 11 is 0. The van der Waals surface area contributed by atoms with Crippen molar-refractivity contribution in [2.24, 2.45) is 4.99 Å². The quantitative estimate of drug-likeness (QED) is 0.296. The van der Waals surface area contributed by atoms with E-state index in [1.165, 1.54) is 20.3 Å². The third-order valence-corrected chi connectivity index (χ3v) is 4.53. The molecule has 0 bridgehead atoms. The fourth-order valence-electron chi connectivity index (χ4n) is 2.77. The molecule has 0 saturated carbocycles. The highest BCUT2D eigenvalue weighted by Crippen LogP contribution is 2.37. The molecule has 29 heavy (non-hydrogen) atoms. The molecule has 0 aliphatic carbocycles. The number of ether oxygens (including phenoxy) is 2. The second kappa shape index (κ2) is 11.1. The third kappa shape index (κ3) is 6.66. The van der Waals surface area contributed by atoms with Crippen molar-refractivity contribution in [3.8, 4) is 17.2 Å². The molecular weight excluding hydrogens is 488 g/mol. The highest BCUT2D eigenvalue weighted by molar-refractivity contribution is 14.0. The Balaban J connectivity index is 0.00000420. The number of halogens is 2. The van der Waals surface area contributed by atoms with Gasteiger partial charge in [0.2, 0.25) is 5.75 Å². The Bertz CT molecular complexity index is 819. The number of hydrogen-bond donors (Lipinski definition) is 3. The molecule has 2 rings (SSSR count). The molecule has 0 atom stereocenters. The lowest BCUT2D eigenvalue weighted by atomic mass is 9.84. The Morgan fingerprint density at radius 1 is 1.10 bits per heavy atom. The molecule has 0 aromatic heterocycles. The van der Waals surface area contributed by atoms with Gasteiger partial charge in [0.05, 0.1) is 14.2 Å². The summed E-state index contributed by atoms with van der Waals surface area (Å²) in [4.78, 5) is 4.23. The van der Waals surface area contributed by atoms with Crippen molar-refractivity contribution < 1.29 is 19.0 Å². The van der Waals surface area contributed by atoms with E-state index >= 15 is 0 Å². The zero-order chi connectivity index (χ0) is 20.7. The standard InChI is InChI=1S/C21H28FN3O3.HI/c1-21(2,15-7-6-8-16(22)11-15)13-25-20(23-3)24-12-14-9-17(27-4)19(26)18(10-14)28-5;/h6-11,26H,12-13H2,1-5H3,(H2,23,24,25);1H. The number of aromatic hydroxyl groups is 1. The smallest absolute Gasteiger partial charge is 0.200 e. The minimum Gasteiger partial charge on any atom is -0.502 e. The van der Waals surface area contributed by atoms with E-state index in [1.807, 2.05) is 19.9 Å². The van der Waals surface area contributed by atoms with Gasteiger partial charge >= 0.3 is 0 Å². The first-order valence-electron chi connectivity index (χ1n) is 8.95. The Morgan fingerprint density at radius 2 is 1.72 bits per heavy atom. The molecule has 0 aliphatic rings. The molecule has 0 saturated heterocycles. The second-order valence-corrected chi connectivity index (χ2v) is 7.02. The van der Waals surface area contributed by atoms with Crippen LogP contribution in [-0.2, 0) is 12.0 Å². The van der Waals surface area contributed by atoms with Crippen LogP contribution in [0.2, 0.25) is 0 Å². The van der Waals surface area contributed by atoms with Gasteiger partial charge in [0.15, 0.2) is 17.5 Å². The summed E-state index contributed by atoms with van der Waals surface area (Å²) in [6.07, 6.45) is 0. The summed E-state index contributed by atoms with van der Waals surface area (Å²) in [7, 11) is 4.66. The first-order valence-corrected chi connectivity index (χ1v) is 8.95. The minimum absolute atomic E-state index is 0. The van der Waals surface area contributed by atoms with Gasteiger partial charge in [0, 0.05) is 25.6 Å². The van der Waals surface area contributed by atoms with Gasteiger partial charge in [0.1, 0.15) is 5.82 Å². The van der Waals surface area contributed by atoms with Crippen molar-refractivity contribution in [1.82, 2.24) is 10.6 Å². The van der Waals surface area contributed by atoms with Crippen LogP contribution in [0.5, 0.6) is 17.2 Å². The first-order chi connectivity index (χ1) is 13.3. The molecule has 6 nitrogen and oxygen atoms in total. The predicted octanol–water partition coefficient (Wildman–Crippen LogP) is 3.81. The minimum atomic E-state index is -0.287. The van der Waals surface area contributed by atoms with E-state index in [0.717, 1.165) is 11.1 Å². The van der Waals surface area contributed by atoms with E-state index in [9.17, 15) is 9.50 Å². The van der Waals surface area contributed by atoms with Crippen LogP contribution in [0.3, 0.4) is 0 Å². The largest absolute Gasteiger partial charge is 0.502 e.